The van der Waals surface area contributed by atoms with Gasteiger partial charge in [-0.15, -0.1) is 0 Å². The Balaban J connectivity index is 1.79. The second-order valence-electron chi connectivity index (χ2n) is 4.99. The third-order valence-electron chi connectivity index (χ3n) is 3.98. The number of fused-ring (bicyclic) bond motifs is 1. The highest BCUT2D eigenvalue weighted by Gasteiger charge is 2.37. The second kappa shape index (κ2) is 4.39. The highest BCUT2D eigenvalue weighted by Crippen LogP contribution is 2.34. The van der Waals surface area contributed by atoms with Crippen molar-refractivity contribution in [2.45, 2.75) is 31.3 Å². The van der Waals surface area contributed by atoms with Gasteiger partial charge in [-0.3, -0.25) is 4.90 Å². The van der Waals surface area contributed by atoms with Crippen LogP contribution in [0.3, 0.4) is 0 Å². The van der Waals surface area contributed by atoms with Crippen molar-refractivity contribution in [2.75, 3.05) is 24.1 Å². The minimum absolute atomic E-state index is 0.500. The molecule has 1 aromatic carbocycles. The summed E-state index contributed by atoms with van der Waals surface area (Å²) in [5.41, 5.74) is 7.63. The van der Waals surface area contributed by atoms with Crippen LogP contribution in [0.2, 0.25) is 5.02 Å². The molecule has 17 heavy (non-hydrogen) atoms. The van der Waals surface area contributed by atoms with Gasteiger partial charge in [0.2, 0.25) is 0 Å². The molecule has 2 aliphatic rings. The maximum Gasteiger partial charge on any atom is 0.0765 e. The highest BCUT2D eigenvalue weighted by molar-refractivity contribution is 6.33. The summed E-state index contributed by atoms with van der Waals surface area (Å²) in [6.07, 6.45) is 3.80. The largest absolute Gasteiger partial charge is 0.397 e. The van der Waals surface area contributed by atoms with Crippen molar-refractivity contribution >= 4 is 23.0 Å². The molecule has 3 rings (SSSR count). The first-order valence-corrected chi connectivity index (χ1v) is 6.68. The van der Waals surface area contributed by atoms with Crippen LogP contribution in [0, 0.1) is 0 Å². The van der Waals surface area contributed by atoms with Crippen LogP contribution in [0.4, 0.5) is 11.4 Å². The highest BCUT2D eigenvalue weighted by atomic mass is 35.5. The lowest BCUT2D eigenvalue weighted by atomic mass is 10.1. The van der Waals surface area contributed by atoms with E-state index >= 15 is 0 Å². The van der Waals surface area contributed by atoms with Crippen LogP contribution in [0.1, 0.15) is 19.3 Å². The third-order valence-corrected chi connectivity index (χ3v) is 4.30. The van der Waals surface area contributed by atoms with Crippen molar-refractivity contribution in [2.24, 2.45) is 0 Å². The van der Waals surface area contributed by atoms with E-state index in [4.69, 9.17) is 17.3 Å². The van der Waals surface area contributed by atoms with E-state index in [2.05, 4.69) is 10.2 Å². The number of benzene rings is 1. The molecule has 0 spiro atoms. The zero-order valence-corrected chi connectivity index (χ0v) is 10.6. The van der Waals surface area contributed by atoms with Crippen LogP contribution in [0.5, 0.6) is 0 Å². The van der Waals surface area contributed by atoms with Gasteiger partial charge in [0.05, 0.1) is 16.4 Å². The molecule has 2 unspecified atom stereocenters. The maximum atomic E-state index is 6.19. The van der Waals surface area contributed by atoms with E-state index in [1.165, 1.54) is 32.4 Å². The third kappa shape index (κ3) is 1.98. The zero-order valence-electron chi connectivity index (χ0n) is 9.82. The van der Waals surface area contributed by atoms with E-state index in [-0.39, 0.29) is 0 Å². The number of anilines is 2. The van der Waals surface area contributed by atoms with Crippen LogP contribution in [-0.4, -0.2) is 30.1 Å². The second-order valence-corrected chi connectivity index (χ2v) is 5.40. The smallest absolute Gasteiger partial charge is 0.0765 e. The average molecular weight is 252 g/mol. The van der Waals surface area contributed by atoms with Gasteiger partial charge in [0.25, 0.3) is 0 Å². The monoisotopic (exact) mass is 251 g/mol. The molecule has 0 amide bonds. The van der Waals surface area contributed by atoms with Gasteiger partial charge >= 0.3 is 0 Å². The number of halogens is 1. The molecular formula is C13H18ClN3. The minimum Gasteiger partial charge on any atom is -0.397 e. The first-order chi connectivity index (χ1) is 8.25. The molecule has 4 heteroatoms. The molecule has 2 heterocycles. The fourth-order valence-corrected chi connectivity index (χ4v) is 3.37. The predicted molar refractivity (Wildman–Crippen MR) is 72.5 cm³/mol. The summed E-state index contributed by atoms with van der Waals surface area (Å²) in [6.45, 7) is 2.45. The summed E-state index contributed by atoms with van der Waals surface area (Å²) < 4.78 is 0. The molecule has 0 saturated carbocycles. The molecule has 2 atom stereocenters. The lowest BCUT2D eigenvalue weighted by molar-refractivity contribution is 0.318. The molecule has 2 saturated heterocycles. The van der Waals surface area contributed by atoms with Crippen LogP contribution in [0.25, 0.3) is 0 Å². The Kier molecular flexibility index (Phi) is 2.89. The Bertz CT molecular complexity index is 401. The summed E-state index contributed by atoms with van der Waals surface area (Å²) >= 11 is 6.19. The standard InChI is InChI=1S/C13H18ClN3/c14-9-3-1-4-10(15)13(9)16-11-6-8-17-7-2-5-12(11)17/h1,3-4,11-12,16H,2,5-8,15H2. The lowest BCUT2D eigenvalue weighted by Gasteiger charge is -2.23. The molecule has 0 bridgehead atoms. The van der Waals surface area contributed by atoms with E-state index in [0.717, 1.165) is 16.4 Å². The Labute approximate surface area is 107 Å². The van der Waals surface area contributed by atoms with Gasteiger partial charge in [-0.05, 0) is 37.9 Å². The van der Waals surface area contributed by atoms with Crippen LogP contribution >= 0.6 is 11.6 Å². The van der Waals surface area contributed by atoms with E-state index in [9.17, 15) is 0 Å². The van der Waals surface area contributed by atoms with Crippen molar-refractivity contribution in [3.05, 3.63) is 23.2 Å². The van der Waals surface area contributed by atoms with Crippen molar-refractivity contribution in [3.8, 4) is 0 Å². The molecule has 3 N–H and O–H groups in total. The first kappa shape index (κ1) is 11.2. The zero-order chi connectivity index (χ0) is 11.8. The molecular weight excluding hydrogens is 234 g/mol. The van der Waals surface area contributed by atoms with Gasteiger partial charge in [-0.2, -0.15) is 0 Å². The minimum atomic E-state index is 0.500. The van der Waals surface area contributed by atoms with Crippen molar-refractivity contribution in [3.63, 3.8) is 0 Å². The maximum absolute atomic E-state index is 6.19. The molecule has 2 fully saturated rings. The van der Waals surface area contributed by atoms with E-state index in [1.54, 1.807) is 0 Å². The Morgan fingerprint density at radius 2 is 2.18 bits per heavy atom. The Hall–Kier alpha value is -0.930. The van der Waals surface area contributed by atoms with Crippen molar-refractivity contribution in [1.29, 1.82) is 0 Å². The predicted octanol–water partition coefficient (Wildman–Crippen LogP) is 2.57. The number of nitrogen functional groups attached to an aromatic ring is 1. The number of rotatable bonds is 2. The number of hydrogen-bond acceptors (Lipinski definition) is 3. The number of para-hydroxylation sites is 1. The number of nitrogens with zero attached hydrogens (tertiary/aromatic N) is 1. The molecule has 2 aliphatic heterocycles. The molecule has 0 radical (unpaired) electrons. The van der Waals surface area contributed by atoms with Gasteiger partial charge in [0, 0.05) is 18.6 Å². The molecule has 3 nitrogen and oxygen atoms in total. The normalized spacial score (nSPS) is 28.3. The van der Waals surface area contributed by atoms with Gasteiger partial charge in [0.15, 0.2) is 0 Å². The SMILES string of the molecule is Nc1cccc(Cl)c1NC1CCN2CCCC12. The van der Waals surface area contributed by atoms with Crippen LogP contribution < -0.4 is 11.1 Å². The summed E-state index contributed by atoms with van der Waals surface area (Å²) in [5, 5.41) is 4.27. The number of hydrogen-bond donors (Lipinski definition) is 2. The summed E-state index contributed by atoms with van der Waals surface area (Å²) in [6, 6.07) is 6.85. The van der Waals surface area contributed by atoms with Crippen LogP contribution in [-0.2, 0) is 0 Å². The van der Waals surface area contributed by atoms with E-state index in [0.29, 0.717) is 12.1 Å². The van der Waals surface area contributed by atoms with E-state index in [1.807, 2.05) is 18.2 Å². The molecule has 0 aromatic heterocycles. The lowest BCUT2D eigenvalue weighted by Crippen LogP contribution is -2.34. The first-order valence-electron chi connectivity index (χ1n) is 6.30. The van der Waals surface area contributed by atoms with Gasteiger partial charge in [0.1, 0.15) is 0 Å². The average Bonchev–Trinajstić information content (AvgIpc) is 2.87. The molecule has 0 aliphatic carbocycles. The number of nitrogens with two attached hydrogens (primary N) is 1. The van der Waals surface area contributed by atoms with Gasteiger partial charge < -0.3 is 11.1 Å². The molecule has 92 valence electrons. The summed E-state index contributed by atoms with van der Waals surface area (Å²) in [7, 11) is 0. The fraction of sp³-hybridized carbons (Fsp3) is 0.538. The van der Waals surface area contributed by atoms with Crippen molar-refractivity contribution in [1.82, 2.24) is 4.90 Å². The fourth-order valence-electron chi connectivity index (χ4n) is 3.13. The van der Waals surface area contributed by atoms with Crippen LogP contribution in [0.15, 0.2) is 18.2 Å². The van der Waals surface area contributed by atoms with Crippen molar-refractivity contribution < 1.29 is 0 Å². The number of nitrogens with one attached hydrogen (secondary N) is 1. The quantitative estimate of drug-likeness (QED) is 0.794. The van der Waals surface area contributed by atoms with Gasteiger partial charge in [-0.1, -0.05) is 17.7 Å². The Morgan fingerprint density at radius 3 is 3.00 bits per heavy atom. The Morgan fingerprint density at radius 1 is 1.29 bits per heavy atom. The summed E-state index contributed by atoms with van der Waals surface area (Å²) in [5.74, 6) is 0. The van der Waals surface area contributed by atoms with Gasteiger partial charge in [-0.25, -0.2) is 0 Å². The summed E-state index contributed by atoms with van der Waals surface area (Å²) in [4.78, 5) is 2.57. The topological polar surface area (TPSA) is 41.3 Å². The van der Waals surface area contributed by atoms with E-state index < -0.39 is 0 Å². The molecule has 1 aromatic rings.